The van der Waals surface area contributed by atoms with Gasteiger partial charge in [0.15, 0.2) is 19.4 Å². The molecule has 5 nitrogen and oxygen atoms in total. The normalized spacial score (nSPS) is 10.7. The highest BCUT2D eigenvalue weighted by molar-refractivity contribution is 5.92. The number of hydrogen-bond donors (Lipinski definition) is 0. The van der Waals surface area contributed by atoms with Gasteiger partial charge in [0.1, 0.15) is 11.5 Å². The Balaban J connectivity index is 3.03. The van der Waals surface area contributed by atoms with Crippen LogP contribution in [-0.2, 0) is 14.3 Å². The van der Waals surface area contributed by atoms with Gasteiger partial charge in [0.2, 0.25) is 0 Å². The first-order chi connectivity index (χ1) is 9.19. The highest BCUT2D eigenvalue weighted by Gasteiger charge is 2.08. The molecule has 0 radical (unpaired) electrons. The zero-order chi connectivity index (χ0) is 14.1. The molecule has 0 saturated carbocycles. The molecule has 0 saturated heterocycles. The van der Waals surface area contributed by atoms with Gasteiger partial charge in [-0.3, -0.25) is 4.79 Å². The fraction of sp³-hybridized carbons (Fsp3) is 0.357. The lowest BCUT2D eigenvalue weighted by atomic mass is 10.1. The number of ether oxygens (including phenoxy) is 4. The Kier molecular flexibility index (Phi) is 6.63. The van der Waals surface area contributed by atoms with Crippen molar-refractivity contribution in [1.29, 1.82) is 0 Å². The molecule has 0 aliphatic rings. The molecule has 1 aromatic carbocycles. The molecule has 0 aliphatic heterocycles. The molecular formula is C14H18O5. The van der Waals surface area contributed by atoms with Crippen LogP contribution in [0.1, 0.15) is 12.5 Å². The fourth-order valence-electron chi connectivity index (χ4n) is 1.39. The van der Waals surface area contributed by atoms with Crippen LogP contribution >= 0.6 is 0 Å². The molecule has 0 bridgehead atoms. The minimum atomic E-state index is -0.0563. The van der Waals surface area contributed by atoms with Crippen molar-refractivity contribution >= 4 is 11.9 Å². The van der Waals surface area contributed by atoms with E-state index in [2.05, 4.69) is 0 Å². The van der Waals surface area contributed by atoms with Crippen molar-refractivity contribution in [3.05, 3.63) is 29.8 Å². The van der Waals surface area contributed by atoms with Gasteiger partial charge in [0, 0.05) is 14.2 Å². The summed E-state index contributed by atoms with van der Waals surface area (Å²) in [6, 6.07) is 5.35. The van der Waals surface area contributed by atoms with E-state index in [9.17, 15) is 4.79 Å². The summed E-state index contributed by atoms with van der Waals surface area (Å²) in [5.74, 6) is 1.10. The van der Waals surface area contributed by atoms with Crippen LogP contribution < -0.4 is 9.47 Å². The van der Waals surface area contributed by atoms with Crippen LogP contribution in [0.25, 0.3) is 6.08 Å². The van der Waals surface area contributed by atoms with E-state index in [1.165, 1.54) is 27.2 Å². The number of carbonyl (C=O) groups is 1. The standard InChI is InChI=1S/C14H18O5/c1-11(15)7-8-12-13(18-9-16-2)5-4-6-14(12)19-10-17-3/h4-8H,9-10H2,1-3H3/b8-7+. The number of methoxy groups -OCH3 is 2. The van der Waals surface area contributed by atoms with E-state index in [-0.39, 0.29) is 19.4 Å². The summed E-state index contributed by atoms with van der Waals surface area (Å²) in [7, 11) is 3.08. The maximum Gasteiger partial charge on any atom is 0.188 e. The first kappa shape index (κ1) is 15.2. The van der Waals surface area contributed by atoms with E-state index in [1.54, 1.807) is 24.3 Å². The largest absolute Gasteiger partial charge is 0.467 e. The van der Waals surface area contributed by atoms with Crippen LogP contribution in [0.5, 0.6) is 11.5 Å². The minimum absolute atomic E-state index is 0.0563. The Morgan fingerprint density at radius 3 is 2.05 bits per heavy atom. The predicted molar refractivity (Wildman–Crippen MR) is 71.2 cm³/mol. The summed E-state index contributed by atoms with van der Waals surface area (Å²) in [5.41, 5.74) is 0.673. The van der Waals surface area contributed by atoms with Crippen LogP contribution in [0.15, 0.2) is 24.3 Å². The second kappa shape index (κ2) is 8.29. The molecule has 0 atom stereocenters. The summed E-state index contributed by atoms with van der Waals surface area (Å²) in [5, 5.41) is 0. The minimum Gasteiger partial charge on any atom is -0.467 e. The van der Waals surface area contributed by atoms with Crippen molar-refractivity contribution in [2.75, 3.05) is 27.8 Å². The molecule has 0 spiro atoms. The molecular weight excluding hydrogens is 248 g/mol. The van der Waals surface area contributed by atoms with Crippen LogP contribution in [-0.4, -0.2) is 33.6 Å². The van der Waals surface area contributed by atoms with E-state index >= 15 is 0 Å². The summed E-state index contributed by atoms with van der Waals surface area (Å²) in [6.45, 7) is 1.72. The third kappa shape index (κ3) is 5.11. The second-order valence-electron chi connectivity index (χ2n) is 3.71. The fourth-order valence-corrected chi connectivity index (χ4v) is 1.39. The third-order valence-corrected chi connectivity index (χ3v) is 2.18. The Bertz CT molecular complexity index is 413. The van der Waals surface area contributed by atoms with Gasteiger partial charge in [-0.15, -0.1) is 0 Å². The van der Waals surface area contributed by atoms with Crippen LogP contribution in [0, 0.1) is 0 Å². The number of ketones is 1. The number of carbonyl (C=O) groups excluding carboxylic acids is 1. The molecule has 1 aromatic rings. The molecule has 0 N–H and O–H groups in total. The van der Waals surface area contributed by atoms with Crippen molar-refractivity contribution in [3.8, 4) is 11.5 Å². The summed E-state index contributed by atoms with van der Waals surface area (Å²) in [4.78, 5) is 11.0. The quantitative estimate of drug-likeness (QED) is 0.533. The van der Waals surface area contributed by atoms with Gasteiger partial charge >= 0.3 is 0 Å². The Hall–Kier alpha value is -1.85. The zero-order valence-corrected chi connectivity index (χ0v) is 11.3. The van der Waals surface area contributed by atoms with E-state index < -0.39 is 0 Å². The van der Waals surface area contributed by atoms with Crippen molar-refractivity contribution in [2.24, 2.45) is 0 Å². The van der Waals surface area contributed by atoms with Gasteiger partial charge in [-0.1, -0.05) is 6.07 Å². The van der Waals surface area contributed by atoms with Crippen LogP contribution in [0.4, 0.5) is 0 Å². The molecule has 0 unspecified atom stereocenters. The molecule has 104 valence electrons. The Labute approximate surface area is 112 Å². The van der Waals surface area contributed by atoms with E-state index in [1.807, 2.05) is 0 Å². The lowest BCUT2D eigenvalue weighted by Gasteiger charge is -2.13. The lowest BCUT2D eigenvalue weighted by Crippen LogP contribution is -2.04. The van der Waals surface area contributed by atoms with E-state index in [0.717, 1.165) is 0 Å². The highest BCUT2D eigenvalue weighted by atomic mass is 16.7. The predicted octanol–water partition coefficient (Wildman–Crippen LogP) is 2.25. The van der Waals surface area contributed by atoms with Crippen molar-refractivity contribution in [1.82, 2.24) is 0 Å². The summed E-state index contributed by atoms with van der Waals surface area (Å²) in [6.07, 6.45) is 3.10. The van der Waals surface area contributed by atoms with Gasteiger partial charge in [-0.2, -0.15) is 0 Å². The third-order valence-electron chi connectivity index (χ3n) is 2.18. The van der Waals surface area contributed by atoms with Crippen molar-refractivity contribution in [3.63, 3.8) is 0 Å². The van der Waals surface area contributed by atoms with Gasteiger partial charge in [0.25, 0.3) is 0 Å². The topological polar surface area (TPSA) is 54.0 Å². The maximum atomic E-state index is 11.0. The average Bonchev–Trinajstić information content (AvgIpc) is 2.41. The number of benzene rings is 1. The van der Waals surface area contributed by atoms with Crippen molar-refractivity contribution in [2.45, 2.75) is 6.92 Å². The van der Waals surface area contributed by atoms with Gasteiger partial charge < -0.3 is 18.9 Å². The number of rotatable bonds is 8. The lowest BCUT2D eigenvalue weighted by molar-refractivity contribution is -0.112. The SMILES string of the molecule is COCOc1cccc(OCOC)c1/C=C/C(C)=O. The molecule has 0 aromatic heterocycles. The molecule has 0 fully saturated rings. The Morgan fingerprint density at radius 1 is 1.11 bits per heavy atom. The smallest absolute Gasteiger partial charge is 0.188 e. The van der Waals surface area contributed by atoms with Crippen LogP contribution in [0.3, 0.4) is 0 Å². The second-order valence-corrected chi connectivity index (χ2v) is 3.71. The number of hydrogen-bond acceptors (Lipinski definition) is 5. The van der Waals surface area contributed by atoms with Gasteiger partial charge in [0.05, 0.1) is 5.56 Å². The highest BCUT2D eigenvalue weighted by Crippen LogP contribution is 2.30. The van der Waals surface area contributed by atoms with Crippen LogP contribution in [0.2, 0.25) is 0 Å². The van der Waals surface area contributed by atoms with Gasteiger partial charge in [-0.25, -0.2) is 0 Å². The Morgan fingerprint density at radius 2 is 1.63 bits per heavy atom. The van der Waals surface area contributed by atoms with E-state index in [0.29, 0.717) is 17.1 Å². The average molecular weight is 266 g/mol. The first-order valence-electron chi connectivity index (χ1n) is 5.74. The van der Waals surface area contributed by atoms with Gasteiger partial charge in [-0.05, 0) is 31.2 Å². The molecule has 5 heteroatoms. The molecule has 0 amide bonds. The zero-order valence-electron chi connectivity index (χ0n) is 11.3. The monoisotopic (exact) mass is 266 g/mol. The number of allylic oxidation sites excluding steroid dienone is 1. The summed E-state index contributed by atoms with van der Waals surface area (Å²) >= 11 is 0. The maximum absolute atomic E-state index is 11.0. The first-order valence-corrected chi connectivity index (χ1v) is 5.74. The molecule has 1 rings (SSSR count). The molecule has 0 aliphatic carbocycles. The van der Waals surface area contributed by atoms with Crippen molar-refractivity contribution < 1.29 is 23.7 Å². The van der Waals surface area contributed by atoms with E-state index in [4.69, 9.17) is 18.9 Å². The molecule has 0 heterocycles. The molecule has 19 heavy (non-hydrogen) atoms. The summed E-state index contributed by atoms with van der Waals surface area (Å²) < 4.78 is 20.6.